The number of amides is 1. The zero-order valence-electron chi connectivity index (χ0n) is 15.6. The molecular formula is C21H27N3O2. The first-order chi connectivity index (χ1) is 12.7. The number of methoxy groups -OCH3 is 1. The SMILES string of the molecule is COc1cccc(C2CCCCN2C(=O)CN(C)Cc2ccncc2)c1. The number of hydrogen-bond donors (Lipinski definition) is 0. The van der Waals surface area contributed by atoms with Gasteiger partial charge in [0.25, 0.3) is 0 Å². The minimum absolute atomic E-state index is 0.140. The summed E-state index contributed by atoms with van der Waals surface area (Å²) in [6.45, 7) is 1.98. The van der Waals surface area contributed by atoms with Gasteiger partial charge in [0.1, 0.15) is 5.75 Å². The van der Waals surface area contributed by atoms with E-state index >= 15 is 0 Å². The maximum absolute atomic E-state index is 13.0. The molecule has 0 radical (unpaired) electrons. The number of ether oxygens (including phenoxy) is 1. The van der Waals surface area contributed by atoms with Gasteiger partial charge in [0.15, 0.2) is 0 Å². The third-order valence-electron chi connectivity index (χ3n) is 4.91. The van der Waals surface area contributed by atoms with Crippen molar-refractivity contribution in [2.75, 3.05) is 27.2 Å². The molecule has 2 heterocycles. The summed E-state index contributed by atoms with van der Waals surface area (Å²) in [4.78, 5) is 21.1. The van der Waals surface area contributed by atoms with Crippen molar-refractivity contribution < 1.29 is 9.53 Å². The number of aromatic nitrogens is 1. The summed E-state index contributed by atoms with van der Waals surface area (Å²) in [7, 11) is 3.67. The van der Waals surface area contributed by atoms with Gasteiger partial charge in [-0.1, -0.05) is 12.1 Å². The van der Waals surface area contributed by atoms with Gasteiger partial charge in [-0.25, -0.2) is 0 Å². The third-order valence-corrected chi connectivity index (χ3v) is 4.91. The zero-order valence-corrected chi connectivity index (χ0v) is 15.6. The molecule has 1 fully saturated rings. The van der Waals surface area contributed by atoms with Gasteiger partial charge in [-0.2, -0.15) is 0 Å². The molecule has 1 aliphatic rings. The number of carbonyl (C=O) groups is 1. The standard InChI is InChI=1S/C21H27N3O2/c1-23(15-17-9-11-22-12-10-17)16-21(25)24-13-4-3-8-20(24)18-6-5-7-19(14-18)26-2/h5-7,9-12,14,20H,3-4,8,13,15-16H2,1-2H3. The van der Waals surface area contributed by atoms with Crippen molar-refractivity contribution in [3.8, 4) is 5.75 Å². The number of piperidine rings is 1. The highest BCUT2D eigenvalue weighted by Crippen LogP contribution is 2.32. The van der Waals surface area contributed by atoms with E-state index in [1.165, 1.54) is 5.56 Å². The monoisotopic (exact) mass is 353 g/mol. The van der Waals surface area contributed by atoms with Crippen molar-refractivity contribution >= 4 is 5.91 Å². The molecule has 5 heteroatoms. The summed E-state index contributed by atoms with van der Waals surface area (Å²) in [5.74, 6) is 1.03. The molecular weight excluding hydrogens is 326 g/mol. The summed E-state index contributed by atoms with van der Waals surface area (Å²) in [5.41, 5.74) is 2.33. The molecule has 0 aliphatic carbocycles. The van der Waals surface area contributed by atoms with Crippen LogP contribution in [0.1, 0.15) is 36.4 Å². The maximum Gasteiger partial charge on any atom is 0.237 e. The Balaban J connectivity index is 1.67. The number of likely N-dealkylation sites (tertiary alicyclic amines) is 1. The Morgan fingerprint density at radius 3 is 2.85 bits per heavy atom. The Hall–Kier alpha value is -2.40. The first kappa shape index (κ1) is 18.4. The topological polar surface area (TPSA) is 45.7 Å². The van der Waals surface area contributed by atoms with Crippen LogP contribution in [0.2, 0.25) is 0 Å². The molecule has 1 aromatic carbocycles. The quantitative estimate of drug-likeness (QED) is 0.800. The predicted octanol–water partition coefficient (Wildman–Crippen LogP) is 3.28. The van der Waals surface area contributed by atoms with Crippen LogP contribution in [-0.4, -0.2) is 47.9 Å². The molecule has 0 N–H and O–H groups in total. The van der Waals surface area contributed by atoms with Gasteiger partial charge in [-0.15, -0.1) is 0 Å². The van der Waals surface area contributed by atoms with Crippen LogP contribution in [0.25, 0.3) is 0 Å². The van der Waals surface area contributed by atoms with Crippen LogP contribution >= 0.6 is 0 Å². The van der Waals surface area contributed by atoms with E-state index in [1.807, 2.05) is 36.2 Å². The molecule has 1 aliphatic heterocycles. The number of benzene rings is 1. The average molecular weight is 353 g/mol. The maximum atomic E-state index is 13.0. The molecule has 26 heavy (non-hydrogen) atoms. The van der Waals surface area contributed by atoms with E-state index in [4.69, 9.17) is 4.74 Å². The Morgan fingerprint density at radius 2 is 2.08 bits per heavy atom. The first-order valence-electron chi connectivity index (χ1n) is 9.18. The summed E-state index contributed by atoms with van der Waals surface area (Å²) in [5, 5.41) is 0. The van der Waals surface area contributed by atoms with Crippen LogP contribution in [0.5, 0.6) is 5.75 Å². The summed E-state index contributed by atoms with van der Waals surface area (Å²) in [6.07, 6.45) is 6.80. The van der Waals surface area contributed by atoms with Crippen LogP contribution in [-0.2, 0) is 11.3 Å². The summed E-state index contributed by atoms with van der Waals surface area (Å²) in [6, 6.07) is 12.2. The first-order valence-corrected chi connectivity index (χ1v) is 9.18. The largest absolute Gasteiger partial charge is 0.497 e. The molecule has 0 spiro atoms. The lowest BCUT2D eigenvalue weighted by Crippen LogP contribution is -2.43. The van der Waals surface area contributed by atoms with Crippen LogP contribution in [0, 0.1) is 0 Å². The second kappa shape index (κ2) is 8.81. The highest BCUT2D eigenvalue weighted by Gasteiger charge is 2.28. The van der Waals surface area contributed by atoms with E-state index in [0.29, 0.717) is 6.54 Å². The van der Waals surface area contributed by atoms with E-state index in [9.17, 15) is 4.79 Å². The number of pyridine rings is 1. The van der Waals surface area contributed by atoms with Crippen molar-refractivity contribution in [2.24, 2.45) is 0 Å². The van der Waals surface area contributed by atoms with Crippen LogP contribution in [0.4, 0.5) is 0 Å². The van der Waals surface area contributed by atoms with Gasteiger partial charge in [0.2, 0.25) is 5.91 Å². The third kappa shape index (κ3) is 4.61. The molecule has 5 nitrogen and oxygen atoms in total. The minimum Gasteiger partial charge on any atom is -0.497 e. The Kier molecular flexibility index (Phi) is 6.23. The van der Waals surface area contributed by atoms with Crippen molar-refractivity contribution in [2.45, 2.75) is 31.8 Å². The van der Waals surface area contributed by atoms with E-state index < -0.39 is 0 Å². The van der Waals surface area contributed by atoms with Gasteiger partial charge in [0.05, 0.1) is 19.7 Å². The van der Waals surface area contributed by atoms with E-state index in [1.54, 1.807) is 19.5 Å². The van der Waals surface area contributed by atoms with Gasteiger partial charge in [-0.05, 0) is 61.7 Å². The van der Waals surface area contributed by atoms with Crippen LogP contribution in [0.15, 0.2) is 48.8 Å². The molecule has 0 saturated carbocycles. The molecule has 138 valence electrons. The van der Waals surface area contributed by atoms with Crippen LogP contribution in [0.3, 0.4) is 0 Å². The number of likely N-dealkylation sites (N-methyl/N-ethyl adjacent to an activating group) is 1. The lowest BCUT2D eigenvalue weighted by atomic mass is 9.95. The smallest absolute Gasteiger partial charge is 0.237 e. The normalized spacial score (nSPS) is 17.3. The zero-order chi connectivity index (χ0) is 18.4. The molecule has 1 aromatic heterocycles. The van der Waals surface area contributed by atoms with Gasteiger partial charge in [0, 0.05) is 25.5 Å². The molecule has 2 aromatic rings. The second-order valence-electron chi connectivity index (χ2n) is 6.90. The average Bonchev–Trinajstić information content (AvgIpc) is 2.68. The fraction of sp³-hybridized carbons (Fsp3) is 0.429. The number of carbonyl (C=O) groups excluding carboxylic acids is 1. The Bertz CT molecular complexity index is 720. The van der Waals surface area contributed by atoms with E-state index in [-0.39, 0.29) is 11.9 Å². The molecule has 1 atom stereocenters. The molecule has 3 rings (SSSR count). The Labute approximate surface area is 155 Å². The number of rotatable bonds is 6. The van der Waals surface area contributed by atoms with Crippen molar-refractivity contribution in [3.05, 3.63) is 59.9 Å². The lowest BCUT2D eigenvalue weighted by molar-refractivity contribution is -0.136. The fourth-order valence-corrected chi connectivity index (χ4v) is 3.60. The molecule has 1 saturated heterocycles. The van der Waals surface area contributed by atoms with E-state index in [0.717, 1.165) is 43.7 Å². The van der Waals surface area contributed by atoms with Crippen molar-refractivity contribution in [1.82, 2.24) is 14.8 Å². The predicted molar refractivity (Wildman–Crippen MR) is 102 cm³/mol. The van der Waals surface area contributed by atoms with Crippen molar-refractivity contribution in [3.63, 3.8) is 0 Å². The number of nitrogens with zero attached hydrogens (tertiary/aromatic N) is 3. The highest BCUT2D eigenvalue weighted by atomic mass is 16.5. The lowest BCUT2D eigenvalue weighted by Gasteiger charge is -2.37. The highest BCUT2D eigenvalue weighted by molar-refractivity contribution is 5.79. The van der Waals surface area contributed by atoms with E-state index in [2.05, 4.69) is 22.0 Å². The fourth-order valence-electron chi connectivity index (χ4n) is 3.60. The molecule has 0 bridgehead atoms. The van der Waals surface area contributed by atoms with Gasteiger partial charge in [-0.3, -0.25) is 14.7 Å². The van der Waals surface area contributed by atoms with Crippen LogP contribution < -0.4 is 4.74 Å². The van der Waals surface area contributed by atoms with Gasteiger partial charge >= 0.3 is 0 Å². The van der Waals surface area contributed by atoms with Crippen molar-refractivity contribution in [1.29, 1.82) is 0 Å². The van der Waals surface area contributed by atoms with Gasteiger partial charge < -0.3 is 9.64 Å². The summed E-state index contributed by atoms with van der Waals surface area (Å²) >= 11 is 0. The molecule has 1 amide bonds. The second-order valence-corrected chi connectivity index (χ2v) is 6.90. The Morgan fingerprint density at radius 1 is 1.27 bits per heavy atom. The summed E-state index contributed by atoms with van der Waals surface area (Å²) < 4.78 is 5.36. The number of hydrogen-bond acceptors (Lipinski definition) is 4. The minimum atomic E-state index is 0.140. The molecule has 1 unspecified atom stereocenters.